The van der Waals surface area contributed by atoms with E-state index in [2.05, 4.69) is 27.2 Å². The second kappa shape index (κ2) is 9.97. The van der Waals surface area contributed by atoms with Gasteiger partial charge in [0.05, 0.1) is 30.0 Å². The third-order valence-electron chi connectivity index (χ3n) is 6.54. The van der Waals surface area contributed by atoms with E-state index in [0.717, 1.165) is 29.1 Å². The average molecular weight is 470 g/mol. The van der Waals surface area contributed by atoms with E-state index < -0.39 is 0 Å². The molecule has 0 bridgehead atoms. The molecule has 8 heteroatoms. The molecule has 0 saturated carbocycles. The Bertz CT molecular complexity index is 1220. The number of nitrogens with one attached hydrogen (secondary N) is 2. The van der Waals surface area contributed by atoms with Crippen LogP contribution in [0.5, 0.6) is 0 Å². The summed E-state index contributed by atoms with van der Waals surface area (Å²) in [5.74, 6) is -0.110. The summed E-state index contributed by atoms with van der Waals surface area (Å²) in [6, 6.07) is 16.7. The Morgan fingerprint density at radius 2 is 1.97 bits per heavy atom. The third kappa shape index (κ3) is 4.59. The fourth-order valence-electron chi connectivity index (χ4n) is 4.97. The average Bonchev–Trinajstić information content (AvgIpc) is 3.36. The second-order valence-electron chi connectivity index (χ2n) is 8.64. The van der Waals surface area contributed by atoms with Crippen LogP contribution < -0.4 is 10.6 Å². The molecule has 5 rings (SSSR count). The molecular weight excluding hydrogens is 442 g/mol. The predicted octanol–water partition coefficient (Wildman–Crippen LogP) is 4.26. The molecule has 2 aliphatic heterocycles. The SMILES string of the molecule is C=CCOC(=O)N1CC[C@H]2C(c3ccccn3)Nc3ccc(C(=O)NCc4ccccn4)cc3[C@H]21. The number of benzene rings is 1. The number of ether oxygens (including phenoxy) is 1. The smallest absolute Gasteiger partial charge is 0.410 e. The van der Waals surface area contributed by atoms with Gasteiger partial charge in [0.15, 0.2) is 0 Å². The first-order valence-electron chi connectivity index (χ1n) is 11.7. The van der Waals surface area contributed by atoms with Crippen molar-refractivity contribution in [1.29, 1.82) is 0 Å². The van der Waals surface area contributed by atoms with Gasteiger partial charge >= 0.3 is 6.09 Å². The molecule has 178 valence electrons. The molecule has 35 heavy (non-hydrogen) atoms. The first kappa shape index (κ1) is 22.6. The van der Waals surface area contributed by atoms with Gasteiger partial charge in [0, 0.05) is 36.1 Å². The summed E-state index contributed by atoms with van der Waals surface area (Å²) >= 11 is 0. The summed E-state index contributed by atoms with van der Waals surface area (Å²) in [7, 11) is 0. The number of likely N-dealkylation sites (tertiary alicyclic amines) is 1. The summed E-state index contributed by atoms with van der Waals surface area (Å²) in [5, 5.41) is 6.54. The van der Waals surface area contributed by atoms with Crippen LogP contribution in [0, 0.1) is 5.92 Å². The molecule has 2 N–H and O–H groups in total. The van der Waals surface area contributed by atoms with Gasteiger partial charge in [-0.15, -0.1) is 0 Å². The van der Waals surface area contributed by atoms with Crippen LogP contribution in [0.15, 0.2) is 79.6 Å². The number of rotatable bonds is 6. The van der Waals surface area contributed by atoms with Gasteiger partial charge in [-0.05, 0) is 54.4 Å². The van der Waals surface area contributed by atoms with Gasteiger partial charge in [0.25, 0.3) is 5.91 Å². The highest BCUT2D eigenvalue weighted by atomic mass is 16.6. The van der Waals surface area contributed by atoms with E-state index in [9.17, 15) is 9.59 Å². The van der Waals surface area contributed by atoms with Crippen LogP contribution in [-0.4, -0.2) is 40.0 Å². The maximum absolute atomic E-state index is 13.0. The molecule has 0 spiro atoms. The van der Waals surface area contributed by atoms with Gasteiger partial charge in [0.1, 0.15) is 6.61 Å². The van der Waals surface area contributed by atoms with Gasteiger partial charge in [0.2, 0.25) is 0 Å². The summed E-state index contributed by atoms with van der Waals surface area (Å²) in [6.07, 6.45) is 5.45. The summed E-state index contributed by atoms with van der Waals surface area (Å²) < 4.78 is 5.39. The first-order chi connectivity index (χ1) is 17.2. The minimum Gasteiger partial charge on any atom is -0.445 e. The van der Waals surface area contributed by atoms with Crippen LogP contribution in [0.3, 0.4) is 0 Å². The number of hydrogen-bond donors (Lipinski definition) is 2. The van der Waals surface area contributed by atoms with Crippen molar-refractivity contribution in [3.63, 3.8) is 0 Å². The monoisotopic (exact) mass is 469 g/mol. The van der Waals surface area contributed by atoms with Crippen LogP contribution in [0.4, 0.5) is 10.5 Å². The van der Waals surface area contributed by atoms with Crippen molar-refractivity contribution in [2.24, 2.45) is 5.92 Å². The minimum atomic E-state index is -0.380. The van der Waals surface area contributed by atoms with Gasteiger partial charge in [-0.1, -0.05) is 24.8 Å². The molecule has 1 unspecified atom stereocenters. The highest BCUT2D eigenvalue weighted by Gasteiger charge is 2.47. The van der Waals surface area contributed by atoms with E-state index >= 15 is 0 Å². The zero-order chi connectivity index (χ0) is 24.2. The summed E-state index contributed by atoms with van der Waals surface area (Å²) in [4.78, 5) is 36.5. The van der Waals surface area contributed by atoms with E-state index in [0.29, 0.717) is 18.7 Å². The fourth-order valence-corrected chi connectivity index (χ4v) is 4.97. The molecule has 2 aliphatic rings. The molecule has 0 aliphatic carbocycles. The lowest BCUT2D eigenvalue weighted by Gasteiger charge is -2.39. The topological polar surface area (TPSA) is 96.5 Å². The largest absolute Gasteiger partial charge is 0.445 e. The molecule has 3 atom stereocenters. The van der Waals surface area contributed by atoms with E-state index in [-0.39, 0.29) is 36.6 Å². The van der Waals surface area contributed by atoms with Crippen LogP contribution in [-0.2, 0) is 11.3 Å². The zero-order valence-electron chi connectivity index (χ0n) is 19.3. The Labute approximate surface area is 204 Å². The number of anilines is 1. The standard InChI is InChI=1S/C27H27N5O3/c1-2-15-35-27(34)32-14-11-20-24(23-8-4-6-13-29-23)31-22-10-9-18(16-21(22)25(20)32)26(33)30-17-19-7-3-5-12-28-19/h2-10,12-13,16,20,24-25,31H,1,11,14-15,17H2,(H,30,33)/t20-,24?,25-/m0/s1. The lowest BCUT2D eigenvalue weighted by atomic mass is 9.81. The fraction of sp³-hybridized carbons (Fsp3) is 0.259. The van der Waals surface area contributed by atoms with Crippen molar-refractivity contribution in [2.45, 2.75) is 25.0 Å². The second-order valence-corrected chi connectivity index (χ2v) is 8.64. The molecule has 1 fully saturated rings. The molecule has 3 aromatic rings. The van der Waals surface area contributed by atoms with Crippen molar-refractivity contribution in [3.8, 4) is 0 Å². The minimum absolute atomic E-state index is 0.0604. The highest BCUT2D eigenvalue weighted by molar-refractivity contribution is 5.95. The maximum Gasteiger partial charge on any atom is 0.410 e. The van der Waals surface area contributed by atoms with Gasteiger partial charge in [-0.3, -0.25) is 14.8 Å². The molecule has 2 amide bonds. The van der Waals surface area contributed by atoms with E-state index in [1.807, 2.05) is 48.5 Å². The van der Waals surface area contributed by atoms with Crippen molar-refractivity contribution in [3.05, 3.63) is 102 Å². The predicted molar refractivity (Wildman–Crippen MR) is 132 cm³/mol. The molecule has 2 aromatic heterocycles. The molecule has 8 nitrogen and oxygen atoms in total. The zero-order valence-corrected chi connectivity index (χ0v) is 19.3. The Morgan fingerprint density at radius 1 is 1.14 bits per heavy atom. The van der Waals surface area contributed by atoms with Crippen LogP contribution in [0.2, 0.25) is 0 Å². The maximum atomic E-state index is 13.0. The number of amides is 2. The summed E-state index contributed by atoms with van der Waals surface area (Å²) in [6.45, 7) is 4.68. The number of carbonyl (C=O) groups is 2. The van der Waals surface area contributed by atoms with Crippen LogP contribution in [0.25, 0.3) is 0 Å². The van der Waals surface area contributed by atoms with Gasteiger partial charge in [-0.2, -0.15) is 0 Å². The van der Waals surface area contributed by atoms with E-state index in [1.165, 1.54) is 0 Å². The van der Waals surface area contributed by atoms with Gasteiger partial charge < -0.3 is 20.3 Å². The van der Waals surface area contributed by atoms with Crippen molar-refractivity contribution in [2.75, 3.05) is 18.5 Å². The van der Waals surface area contributed by atoms with E-state index in [4.69, 9.17) is 4.74 Å². The lowest BCUT2D eigenvalue weighted by molar-refractivity contribution is 0.0950. The molecule has 0 radical (unpaired) electrons. The van der Waals surface area contributed by atoms with E-state index in [1.54, 1.807) is 29.4 Å². The lowest BCUT2D eigenvalue weighted by Crippen LogP contribution is -2.38. The third-order valence-corrected chi connectivity index (χ3v) is 6.54. The number of nitrogens with zero attached hydrogens (tertiary/aromatic N) is 3. The number of fused-ring (bicyclic) bond motifs is 3. The van der Waals surface area contributed by atoms with Crippen molar-refractivity contribution in [1.82, 2.24) is 20.2 Å². The molecule has 1 aromatic carbocycles. The number of aromatic nitrogens is 2. The van der Waals surface area contributed by atoms with Crippen LogP contribution in [0.1, 0.15) is 45.8 Å². The van der Waals surface area contributed by atoms with Crippen LogP contribution >= 0.6 is 0 Å². The number of hydrogen-bond acceptors (Lipinski definition) is 6. The Kier molecular flexibility index (Phi) is 6.43. The molecular formula is C27H27N5O3. The Balaban J connectivity index is 1.45. The molecule has 1 saturated heterocycles. The number of carbonyl (C=O) groups excluding carboxylic acids is 2. The normalized spacial score (nSPS) is 20.2. The van der Waals surface area contributed by atoms with Crippen molar-refractivity contribution < 1.29 is 14.3 Å². The Hall–Kier alpha value is -4.20. The molecule has 4 heterocycles. The van der Waals surface area contributed by atoms with Gasteiger partial charge in [-0.25, -0.2) is 4.79 Å². The van der Waals surface area contributed by atoms with Crippen molar-refractivity contribution >= 4 is 17.7 Å². The Morgan fingerprint density at radius 3 is 2.71 bits per heavy atom. The highest BCUT2D eigenvalue weighted by Crippen LogP contribution is 2.51. The number of pyridine rings is 2. The summed E-state index contributed by atoms with van der Waals surface area (Å²) in [5.41, 5.74) is 4.02. The quantitative estimate of drug-likeness (QED) is 0.524. The first-order valence-corrected chi connectivity index (χ1v) is 11.7.